The largest absolute Gasteiger partial charge is 0.459 e. The molecule has 50 heavy (non-hydrogen) atoms. The first-order chi connectivity index (χ1) is 23.4. The van der Waals surface area contributed by atoms with Crippen molar-refractivity contribution in [1.82, 2.24) is 36.4 Å². The number of halogens is 2. The van der Waals surface area contributed by atoms with Gasteiger partial charge in [0.2, 0.25) is 23.6 Å². The standard InChI is InChI=1S/C35H57N7O6.2ClH.3H2/c43-31(25-38-34(46)29(24-27-12-4-1-5-13-27)40-35(47)30-15-11-23-48-30)37-26-32(44)39-28(14-10-21-41-17-6-2-7-18-41)33(45)36-16-22-42-19-8-3-9-20-42;;;;;/h11,15,23,27-29H,1-10,12-14,16-22,24-26H2,(H,36,45)(H,37,43)(H,38,46)(H,39,44)(H,40,47);5*1H/t28-,29-;;;;;/m0...../s1. The lowest BCUT2D eigenvalue weighted by Crippen LogP contribution is -2.52. The van der Waals surface area contributed by atoms with Crippen LogP contribution in [0.5, 0.6) is 0 Å². The van der Waals surface area contributed by atoms with Crippen molar-refractivity contribution in [2.75, 3.05) is 58.9 Å². The van der Waals surface area contributed by atoms with Gasteiger partial charge >= 0.3 is 0 Å². The molecule has 13 nitrogen and oxygen atoms in total. The maximum atomic E-state index is 13.1. The fourth-order valence-corrected chi connectivity index (χ4v) is 7.02. The molecule has 2 aliphatic heterocycles. The Bertz CT molecular complexity index is 1170. The van der Waals surface area contributed by atoms with E-state index in [0.717, 1.165) is 71.4 Å². The van der Waals surface area contributed by atoms with E-state index in [1.54, 1.807) is 6.07 Å². The fourth-order valence-electron chi connectivity index (χ4n) is 7.02. The van der Waals surface area contributed by atoms with Gasteiger partial charge in [0.25, 0.3) is 5.91 Å². The van der Waals surface area contributed by atoms with Gasteiger partial charge in [0, 0.05) is 17.4 Å². The van der Waals surface area contributed by atoms with Crippen molar-refractivity contribution in [2.24, 2.45) is 5.92 Å². The van der Waals surface area contributed by atoms with Crippen molar-refractivity contribution in [1.29, 1.82) is 0 Å². The van der Waals surface area contributed by atoms with Crippen molar-refractivity contribution in [2.45, 2.75) is 102 Å². The van der Waals surface area contributed by atoms with Gasteiger partial charge in [0.1, 0.15) is 12.1 Å². The second kappa shape index (κ2) is 24.3. The molecular weight excluding hydrogens is 685 g/mol. The molecule has 3 fully saturated rings. The monoisotopic (exact) mass is 749 g/mol. The molecule has 5 amide bonds. The lowest BCUT2D eigenvalue weighted by atomic mass is 9.84. The van der Waals surface area contributed by atoms with Gasteiger partial charge in [-0.05, 0) is 95.7 Å². The van der Waals surface area contributed by atoms with E-state index >= 15 is 0 Å². The van der Waals surface area contributed by atoms with E-state index < -0.39 is 35.7 Å². The number of hydrogen-bond acceptors (Lipinski definition) is 8. The Balaban J connectivity index is 0. The Labute approximate surface area is 313 Å². The van der Waals surface area contributed by atoms with Gasteiger partial charge in [-0.15, -0.1) is 24.8 Å². The van der Waals surface area contributed by atoms with E-state index in [-0.39, 0.29) is 53.9 Å². The first-order valence-corrected chi connectivity index (χ1v) is 18.3. The SMILES string of the molecule is Cl.Cl.O=C(CNC(=O)[C@H](CC1CCCCC1)NC(=O)c1ccco1)NCC(=O)N[C@@H](CCCN1CCCCC1)C(=O)NCCN1CCCCC1.[HH].[HH].[HH]. The van der Waals surface area contributed by atoms with Gasteiger partial charge < -0.3 is 40.8 Å². The molecule has 1 saturated carbocycles. The van der Waals surface area contributed by atoms with E-state index in [1.807, 2.05) is 0 Å². The molecule has 1 aromatic rings. The molecule has 0 bridgehead atoms. The number of carbonyl (C=O) groups is 5. The van der Waals surface area contributed by atoms with Crippen molar-refractivity contribution in [3.05, 3.63) is 24.2 Å². The molecule has 3 aliphatic rings. The van der Waals surface area contributed by atoms with E-state index in [2.05, 4.69) is 36.4 Å². The number of furan rings is 1. The number of hydrogen-bond donors (Lipinski definition) is 5. The average Bonchev–Trinajstić information content (AvgIpc) is 3.66. The zero-order chi connectivity index (χ0) is 34.0. The molecular formula is C35H65Cl2N7O6. The summed E-state index contributed by atoms with van der Waals surface area (Å²) >= 11 is 0. The van der Waals surface area contributed by atoms with Crippen LogP contribution in [0.4, 0.5) is 0 Å². The molecule has 2 saturated heterocycles. The number of nitrogens with zero attached hydrogens (tertiary/aromatic N) is 2. The Kier molecular flexibility index (Phi) is 21.1. The quantitative estimate of drug-likeness (QED) is 0.152. The van der Waals surface area contributed by atoms with Gasteiger partial charge in [0.15, 0.2) is 5.76 Å². The van der Waals surface area contributed by atoms with Crippen LogP contribution >= 0.6 is 24.8 Å². The van der Waals surface area contributed by atoms with Crippen LogP contribution in [0.2, 0.25) is 0 Å². The molecule has 15 heteroatoms. The summed E-state index contributed by atoms with van der Waals surface area (Å²) in [6.07, 6.45) is 15.8. The minimum absolute atomic E-state index is 0. The molecule has 2 atom stereocenters. The summed E-state index contributed by atoms with van der Waals surface area (Å²) in [5.41, 5.74) is 0. The molecule has 4 rings (SSSR count). The second-order valence-corrected chi connectivity index (χ2v) is 13.6. The molecule has 0 unspecified atom stereocenters. The van der Waals surface area contributed by atoms with Crippen LogP contribution in [0.25, 0.3) is 0 Å². The molecule has 0 aromatic carbocycles. The number of nitrogens with one attached hydrogen (secondary N) is 5. The zero-order valence-electron chi connectivity index (χ0n) is 29.4. The molecule has 1 aliphatic carbocycles. The normalized spacial score (nSPS) is 18.3. The highest BCUT2D eigenvalue weighted by molar-refractivity contribution is 5.96. The van der Waals surface area contributed by atoms with Crippen LogP contribution in [0.1, 0.15) is 105 Å². The Morgan fingerprint density at radius 3 is 1.96 bits per heavy atom. The van der Waals surface area contributed by atoms with E-state index in [4.69, 9.17) is 4.42 Å². The predicted molar refractivity (Wildman–Crippen MR) is 203 cm³/mol. The molecule has 5 N–H and O–H groups in total. The Morgan fingerprint density at radius 1 is 0.720 bits per heavy atom. The van der Waals surface area contributed by atoms with Gasteiger partial charge in [-0.2, -0.15) is 0 Å². The topological polar surface area (TPSA) is 165 Å². The fraction of sp³-hybridized carbons (Fsp3) is 0.743. The molecule has 290 valence electrons. The van der Waals surface area contributed by atoms with Crippen molar-refractivity contribution >= 4 is 54.3 Å². The average molecular weight is 751 g/mol. The van der Waals surface area contributed by atoms with Gasteiger partial charge in [-0.1, -0.05) is 44.9 Å². The van der Waals surface area contributed by atoms with E-state index in [1.165, 1.54) is 57.3 Å². The molecule has 0 radical (unpaired) electrons. The summed E-state index contributed by atoms with van der Waals surface area (Å²) in [5.74, 6) is -1.75. The molecule has 0 spiro atoms. The molecule has 3 heterocycles. The Morgan fingerprint density at radius 2 is 1.32 bits per heavy atom. The first-order valence-electron chi connectivity index (χ1n) is 18.3. The van der Waals surface area contributed by atoms with Crippen LogP contribution in [0, 0.1) is 5.92 Å². The van der Waals surface area contributed by atoms with Gasteiger partial charge in [0.05, 0.1) is 19.4 Å². The summed E-state index contributed by atoms with van der Waals surface area (Å²) in [5, 5.41) is 13.7. The van der Waals surface area contributed by atoms with E-state index in [9.17, 15) is 24.0 Å². The highest BCUT2D eigenvalue weighted by Crippen LogP contribution is 2.27. The first kappa shape index (κ1) is 43.3. The summed E-state index contributed by atoms with van der Waals surface area (Å²) in [6, 6.07) is 1.62. The van der Waals surface area contributed by atoms with Gasteiger partial charge in [-0.25, -0.2) is 0 Å². The minimum atomic E-state index is -0.819. The number of piperidine rings is 2. The van der Waals surface area contributed by atoms with Crippen molar-refractivity contribution in [3.8, 4) is 0 Å². The third-order valence-electron chi connectivity index (χ3n) is 9.77. The van der Waals surface area contributed by atoms with Crippen molar-refractivity contribution in [3.63, 3.8) is 0 Å². The summed E-state index contributed by atoms with van der Waals surface area (Å²) in [6.45, 7) is 5.76. The third-order valence-corrected chi connectivity index (χ3v) is 9.77. The maximum absolute atomic E-state index is 13.1. The lowest BCUT2D eigenvalue weighted by molar-refractivity contribution is -0.130. The van der Waals surface area contributed by atoms with Crippen LogP contribution in [-0.4, -0.2) is 110 Å². The number of carbonyl (C=O) groups excluding carboxylic acids is 5. The lowest BCUT2D eigenvalue weighted by Gasteiger charge is -2.28. The highest BCUT2D eigenvalue weighted by Gasteiger charge is 2.28. The van der Waals surface area contributed by atoms with Gasteiger partial charge in [-0.3, -0.25) is 24.0 Å². The highest BCUT2D eigenvalue weighted by atomic mass is 35.5. The Hall–Kier alpha value is -2.87. The number of amides is 5. The van der Waals surface area contributed by atoms with Crippen LogP contribution in [0.3, 0.4) is 0 Å². The molecule has 1 aromatic heterocycles. The third kappa shape index (κ3) is 16.0. The van der Waals surface area contributed by atoms with Crippen molar-refractivity contribution < 1.29 is 32.7 Å². The zero-order valence-corrected chi connectivity index (χ0v) is 31.0. The predicted octanol–water partition coefficient (Wildman–Crippen LogP) is 3.52. The van der Waals surface area contributed by atoms with Crippen LogP contribution < -0.4 is 26.6 Å². The van der Waals surface area contributed by atoms with Crippen LogP contribution in [-0.2, 0) is 19.2 Å². The summed E-state index contributed by atoms with van der Waals surface area (Å²) in [7, 11) is 0. The van der Waals surface area contributed by atoms with E-state index in [0.29, 0.717) is 25.3 Å². The second-order valence-electron chi connectivity index (χ2n) is 13.6. The van der Waals surface area contributed by atoms with Crippen LogP contribution in [0.15, 0.2) is 22.8 Å². The smallest absolute Gasteiger partial charge is 0.287 e. The maximum Gasteiger partial charge on any atom is 0.287 e. The number of likely N-dealkylation sites (tertiary alicyclic amines) is 2. The summed E-state index contributed by atoms with van der Waals surface area (Å²) in [4.78, 5) is 69.2. The minimum Gasteiger partial charge on any atom is -0.459 e. The number of rotatable bonds is 18. The summed E-state index contributed by atoms with van der Waals surface area (Å²) < 4.78 is 5.18.